The summed E-state index contributed by atoms with van der Waals surface area (Å²) in [6.07, 6.45) is -1.67. The van der Waals surface area contributed by atoms with Crippen molar-refractivity contribution < 1.29 is 35.1 Å². The molecule has 1 fully saturated rings. The third-order valence-electron chi connectivity index (χ3n) is 5.97. The number of aliphatic carboxylic acids is 2. The highest BCUT2D eigenvalue weighted by molar-refractivity contribution is 5.69. The normalized spacial score (nSPS) is 20.5. The van der Waals surface area contributed by atoms with Gasteiger partial charge in [0.25, 0.3) is 0 Å². The predicted octanol–water partition coefficient (Wildman–Crippen LogP) is -3.67. The molecular formula is C21H44N6O7. The molecule has 0 aliphatic carbocycles. The van der Waals surface area contributed by atoms with E-state index in [2.05, 4.69) is 9.80 Å². The molecule has 1 saturated heterocycles. The van der Waals surface area contributed by atoms with Crippen LogP contribution in [0.4, 0.5) is 0 Å². The van der Waals surface area contributed by atoms with Crippen molar-refractivity contribution in [2.75, 3.05) is 105 Å². The van der Waals surface area contributed by atoms with Crippen molar-refractivity contribution in [3.05, 3.63) is 0 Å². The highest BCUT2D eigenvalue weighted by Crippen LogP contribution is 2.03. The Labute approximate surface area is 201 Å². The number of carboxylic acids is 2. The number of likely N-dealkylation sites (N-methyl/N-ethyl adjacent to an activating group) is 1. The topological polar surface area (TPSA) is 178 Å². The summed E-state index contributed by atoms with van der Waals surface area (Å²) in [6, 6.07) is 0. The zero-order chi connectivity index (χ0) is 25.5. The fraction of sp³-hybridized carbons (Fsp3) is 0.905. The zero-order valence-electron chi connectivity index (χ0n) is 20.3. The first-order chi connectivity index (χ1) is 16.2. The van der Waals surface area contributed by atoms with Crippen molar-refractivity contribution in [3.63, 3.8) is 0 Å². The molecule has 0 bridgehead atoms. The van der Waals surface area contributed by atoms with Gasteiger partial charge in [0, 0.05) is 78.7 Å². The fourth-order valence-corrected chi connectivity index (χ4v) is 4.01. The van der Waals surface area contributed by atoms with Gasteiger partial charge in [-0.05, 0) is 6.54 Å². The van der Waals surface area contributed by atoms with Crippen LogP contribution >= 0.6 is 0 Å². The maximum Gasteiger partial charge on any atom is 0.317 e. The van der Waals surface area contributed by atoms with Gasteiger partial charge in [0.15, 0.2) is 0 Å². The van der Waals surface area contributed by atoms with E-state index < -0.39 is 24.1 Å². The Morgan fingerprint density at radius 2 is 1.21 bits per heavy atom. The molecule has 0 saturated carbocycles. The first kappa shape index (κ1) is 30.6. The van der Waals surface area contributed by atoms with Crippen molar-refractivity contribution in [1.29, 1.82) is 0 Å². The van der Waals surface area contributed by atoms with E-state index >= 15 is 0 Å². The van der Waals surface area contributed by atoms with Crippen LogP contribution in [0, 0.1) is 0 Å². The van der Waals surface area contributed by atoms with E-state index in [-0.39, 0.29) is 39.5 Å². The Bertz CT molecular complexity index is 588. The minimum atomic E-state index is -0.943. The molecule has 0 aromatic carbocycles. The number of β-amino-alcohol motifs (C(OH)–C–C–N with tert-alkyl or cyclic N) is 1. The lowest BCUT2D eigenvalue weighted by Gasteiger charge is -2.34. The molecule has 200 valence electrons. The monoisotopic (exact) mass is 492 g/mol. The molecule has 1 aliphatic heterocycles. The zero-order valence-corrected chi connectivity index (χ0v) is 20.3. The van der Waals surface area contributed by atoms with Gasteiger partial charge >= 0.3 is 11.9 Å². The first-order valence-corrected chi connectivity index (χ1v) is 11.9. The van der Waals surface area contributed by atoms with Crippen LogP contribution in [0.3, 0.4) is 0 Å². The number of carboxylic acid groups (broad SMARTS) is 2. The Balaban J connectivity index is 2.83. The number of aliphatic hydroxyl groups is 3. The molecule has 13 heteroatoms. The van der Waals surface area contributed by atoms with E-state index in [0.717, 1.165) is 13.1 Å². The summed E-state index contributed by atoms with van der Waals surface area (Å²) in [5.74, 6) is -1.85. The fourth-order valence-electron chi connectivity index (χ4n) is 4.01. The van der Waals surface area contributed by atoms with Gasteiger partial charge in [-0.1, -0.05) is 6.92 Å². The molecule has 1 aliphatic rings. The van der Waals surface area contributed by atoms with Crippen LogP contribution in [0.25, 0.3) is 0 Å². The molecule has 34 heavy (non-hydrogen) atoms. The van der Waals surface area contributed by atoms with Gasteiger partial charge in [-0.25, -0.2) is 0 Å². The van der Waals surface area contributed by atoms with Crippen LogP contribution < -0.4 is 5.73 Å². The largest absolute Gasteiger partial charge is 0.480 e. The summed E-state index contributed by atoms with van der Waals surface area (Å²) in [4.78, 5) is 32.2. The summed E-state index contributed by atoms with van der Waals surface area (Å²) in [5.41, 5.74) is 5.71. The molecule has 0 aromatic rings. The van der Waals surface area contributed by atoms with E-state index in [1.807, 2.05) is 11.8 Å². The number of carbonyl (C=O) groups is 2. The lowest BCUT2D eigenvalue weighted by molar-refractivity contribution is -0.140. The maximum absolute atomic E-state index is 11.3. The van der Waals surface area contributed by atoms with Gasteiger partial charge in [-0.15, -0.1) is 0 Å². The van der Waals surface area contributed by atoms with Gasteiger partial charge in [-0.3, -0.25) is 29.2 Å². The van der Waals surface area contributed by atoms with Crippen molar-refractivity contribution >= 4 is 11.9 Å². The molecule has 2 unspecified atom stereocenters. The third kappa shape index (κ3) is 13.5. The molecular weight excluding hydrogens is 448 g/mol. The summed E-state index contributed by atoms with van der Waals surface area (Å²) in [6.45, 7) is 7.70. The molecule has 1 rings (SSSR count). The second-order valence-corrected chi connectivity index (χ2v) is 8.78. The Morgan fingerprint density at radius 3 is 1.59 bits per heavy atom. The second-order valence-electron chi connectivity index (χ2n) is 8.78. The van der Waals surface area contributed by atoms with Gasteiger partial charge in [0.05, 0.1) is 31.9 Å². The molecule has 2 atom stereocenters. The van der Waals surface area contributed by atoms with Crippen molar-refractivity contribution in [3.8, 4) is 0 Å². The number of rotatable bonds is 13. The van der Waals surface area contributed by atoms with Crippen molar-refractivity contribution in [2.24, 2.45) is 5.73 Å². The molecule has 0 radical (unpaired) electrons. The Kier molecular flexibility index (Phi) is 15.4. The van der Waals surface area contributed by atoms with Gasteiger partial charge in [0.2, 0.25) is 0 Å². The lowest BCUT2D eigenvalue weighted by atomic mass is 10.2. The number of aliphatic hydroxyl groups excluding tert-OH is 3. The van der Waals surface area contributed by atoms with Crippen LogP contribution in [0.1, 0.15) is 6.92 Å². The minimum Gasteiger partial charge on any atom is -0.480 e. The number of hydrogen-bond donors (Lipinski definition) is 6. The molecule has 0 spiro atoms. The highest BCUT2D eigenvalue weighted by atomic mass is 16.4. The van der Waals surface area contributed by atoms with Crippen molar-refractivity contribution in [1.82, 2.24) is 24.5 Å². The van der Waals surface area contributed by atoms with E-state index in [0.29, 0.717) is 52.4 Å². The predicted molar refractivity (Wildman–Crippen MR) is 126 cm³/mol. The molecule has 1 heterocycles. The van der Waals surface area contributed by atoms with Crippen LogP contribution in [0.5, 0.6) is 0 Å². The van der Waals surface area contributed by atoms with Gasteiger partial charge in [-0.2, -0.15) is 0 Å². The van der Waals surface area contributed by atoms with E-state index in [1.54, 1.807) is 9.80 Å². The summed E-state index contributed by atoms with van der Waals surface area (Å²) in [7, 11) is 0. The third-order valence-corrected chi connectivity index (χ3v) is 5.97. The van der Waals surface area contributed by atoms with Crippen LogP contribution in [0.15, 0.2) is 0 Å². The summed E-state index contributed by atoms with van der Waals surface area (Å²) >= 11 is 0. The summed E-state index contributed by atoms with van der Waals surface area (Å²) < 4.78 is 0. The molecule has 0 aromatic heterocycles. The highest BCUT2D eigenvalue weighted by Gasteiger charge is 2.21. The number of hydrogen-bond acceptors (Lipinski definition) is 11. The molecule has 0 amide bonds. The van der Waals surface area contributed by atoms with Gasteiger partial charge in [0.1, 0.15) is 0 Å². The van der Waals surface area contributed by atoms with E-state index in [4.69, 9.17) is 10.8 Å². The maximum atomic E-state index is 11.3. The Morgan fingerprint density at radius 1 is 0.794 bits per heavy atom. The first-order valence-electron chi connectivity index (χ1n) is 11.9. The number of nitrogens with zero attached hydrogens (tertiary/aromatic N) is 5. The second kappa shape index (κ2) is 17.1. The van der Waals surface area contributed by atoms with Crippen LogP contribution in [0.2, 0.25) is 0 Å². The van der Waals surface area contributed by atoms with Crippen molar-refractivity contribution in [2.45, 2.75) is 19.1 Å². The lowest BCUT2D eigenvalue weighted by Crippen LogP contribution is -2.50. The van der Waals surface area contributed by atoms with Gasteiger partial charge < -0.3 is 36.2 Å². The standard InChI is InChI=1S/C21H44N6O7/c1-2-23-3-5-24(11-18(29)12-27(17-22)13-19(30)16-28)7-8-26(15-21(33)34)10-9-25(6-4-23)14-20(31)32/h18-19,28-30H,2-17,22H2,1H3,(H,31,32)(H,33,34). The Hall–Kier alpha value is -1.42. The number of nitrogens with two attached hydrogens (primary N) is 1. The summed E-state index contributed by atoms with van der Waals surface area (Å²) in [5, 5.41) is 47.9. The average molecular weight is 493 g/mol. The van der Waals surface area contributed by atoms with Crippen LogP contribution in [-0.4, -0.2) is 179 Å². The quantitative estimate of drug-likeness (QED) is 0.139. The minimum absolute atomic E-state index is 0.0839. The van der Waals surface area contributed by atoms with E-state index in [1.165, 1.54) is 0 Å². The smallest absolute Gasteiger partial charge is 0.317 e. The molecule has 13 nitrogen and oxygen atoms in total. The average Bonchev–Trinajstić information content (AvgIpc) is 2.77. The molecule has 7 N–H and O–H groups in total. The van der Waals surface area contributed by atoms with E-state index in [9.17, 15) is 30.0 Å². The SMILES string of the molecule is CCN1CCN(CC(=O)O)CCN(CC(=O)O)CCN(CC(O)CN(CN)CC(O)CO)CC1. The van der Waals surface area contributed by atoms with Crippen LogP contribution in [-0.2, 0) is 9.59 Å².